The molecule has 0 aliphatic heterocycles. The second-order valence-corrected chi connectivity index (χ2v) is 3.39. The topological polar surface area (TPSA) is 50.2 Å². The molecule has 0 saturated carbocycles. The number of carboxylic acids is 1. The van der Waals surface area contributed by atoms with Crippen LogP contribution in [0.5, 0.6) is 0 Å². The number of aromatic nitrogens is 1. The van der Waals surface area contributed by atoms with Crippen LogP contribution >= 0.6 is 0 Å². The lowest BCUT2D eigenvalue weighted by Gasteiger charge is -2.06. The molecule has 0 fully saturated rings. The molecule has 1 heterocycles. The van der Waals surface area contributed by atoms with Crippen LogP contribution in [0.15, 0.2) is 36.7 Å². The largest absolute Gasteiger partial charge is 0.478 e. The third-order valence-electron chi connectivity index (χ3n) is 2.23. The molecule has 0 amide bonds. The van der Waals surface area contributed by atoms with Crippen molar-refractivity contribution < 1.29 is 18.7 Å². The Labute approximate surface area is 95.4 Å². The highest BCUT2D eigenvalue weighted by Crippen LogP contribution is 2.24. The maximum atomic E-state index is 13.1. The first kappa shape index (κ1) is 11.2. The van der Waals surface area contributed by atoms with Gasteiger partial charge >= 0.3 is 5.97 Å². The van der Waals surface area contributed by atoms with Crippen molar-refractivity contribution >= 4 is 5.97 Å². The first-order valence-electron chi connectivity index (χ1n) is 4.71. The smallest absolute Gasteiger partial charge is 0.336 e. The molecule has 2 rings (SSSR count). The predicted molar refractivity (Wildman–Crippen MR) is 56.5 cm³/mol. The molecular formula is C12H7F2NO2. The van der Waals surface area contributed by atoms with E-state index in [0.717, 1.165) is 30.5 Å². The first-order valence-corrected chi connectivity index (χ1v) is 4.71. The number of aromatic carboxylic acids is 1. The Hall–Kier alpha value is -2.30. The van der Waals surface area contributed by atoms with Gasteiger partial charge in [0.2, 0.25) is 0 Å². The van der Waals surface area contributed by atoms with Crippen LogP contribution in [0.2, 0.25) is 0 Å². The highest BCUT2D eigenvalue weighted by molar-refractivity contribution is 5.95. The minimum Gasteiger partial charge on any atom is -0.478 e. The number of carboxylic acid groups (broad SMARTS) is 1. The molecule has 0 saturated heterocycles. The highest BCUT2D eigenvalue weighted by Gasteiger charge is 2.13. The van der Waals surface area contributed by atoms with Crippen LogP contribution in [0.1, 0.15) is 10.4 Å². The van der Waals surface area contributed by atoms with Crippen molar-refractivity contribution in [3.63, 3.8) is 0 Å². The SMILES string of the molecule is O=C(O)c1ccc(F)cc1-c1cncc(F)c1. The summed E-state index contributed by atoms with van der Waals surface area (Å²) in [6, 6.07) is 4.33. The number of hydrogen-bond acceptors (Lipinski definition) is 2. The van der Waals surface area contributed by atoms with Gasteiger partial charge in [-0.3, -0.25) is 4.98 Å². The fourth-order valence-electron chi connectivity index (χ4n) is 1.50. The number of rotatable bonds is 2. The van der Waals surface area contributed by atoms with Crippen molar-refractivity contribution in [1.29, 1.82) is 0 Å². The molecule has 5 heteroatoms. The zero-order valence-corrected chi connectivity index (χ0v) is 8.52. The van der Waals surface area contributed by atoms with Crippen molar-refractivity contribution in [1.82, 2.24) is 4.98 Å². The maximum Gasteiger partial charge on any atom is 0.336 e. The van der Waals surface area contributed by atoms with E-state index in [2.05, 4.69) is 4.98 Å². The van der Waals surface area contributed by atoms with E-state index in [1.54, 1.807) is 0 Å². The Bertz CT molecular complexity index is 584. The molecule has 0 unspecified atom stereocenters. The van der Waals surface area contributed by atoms with Gasteiger partial charge in [0.25, 0.3) is 0 Å². The average molecular weight is 235 g/mol. The first-order chi connectivity index (χ1) is 8.08. The van der Waals surface area contributed by atoms with Crippen molar-refractivity contribution in [2.75, 3.05) is 0 Å². The summed E-state index contributed by atoms with van der Waals surface area (Å²) in [5.41, 5.74) is 0.227. The summed E-state index contributed by atoms with van der Waals surface area (Å²) in [6.07, 6.45) is 2.27. The van der Waals surface area contributed by atoms with Gasteiger partial charge < -0.3 is 5.11 Å². The molecule has 0 aliphatic carbocycles. The zero-order valence-electron chi connectivity index (χ0n) is 8.52. The number of halogens is 2. The quantitative estimate of drug-likeness (QED) is 0.870. The van der Waals surface area contributed by atoms with E-state index in [1.165, 1.54) is 6.20 Å². The van der Waals surface area contributed by atoms with E-state index in [4.69, 9.17) is 5.11 Å². The van der Waals surface area contributed by atoms with E-state index < -0.39 is 17.6 Å². The van der Waals surface area contributed by atoms with Gasteiger partial charge in [-0.05, 0) is 24.3 Å². The summed E-state index contributed by atoms with van der Waals surface area (Å²) in [5, 5.41) is 8.95. The van der Waals surface area contributed by atoms with Crippen LogP contribution in [0, 0.1) is 11.6 Å². The average Bonchev–Trinajstić information content (AvgIpc) is 2.28. The number of carbonyl (C=O) groups is 1. The highest BCUT2D eigenvalue weighted by atomic mass is 19.1. The van der Waals surface area contributed by atoms with Crippen LogP contribution in [-0.4, -0.2) is 16.1 Å². The number of benzene rings is 1. The molecule has 1 aromatic carbocycles. The van der Waals surface area contributed by atoms with Crippen molar-refractivity contribution in [2.45, 2.75) is 0 Å². The molecule has 17 heavy (non-hydrogen) atoms. The van der Waals surface area contributed by atoms with E-state index in [9.17, 15) is 13.6 Å². The van der Waals surface area contributed by atoms with Gasteiger partial charge in [-0.25, -0.2) is 13.6 Å². The van der Waals surface area contributed by atoms with E-state index >= 15 is 0 Å². The normalized spacial score (nSPS) is 10.2. The van der Waals surface area contributed by atoms with Crippen LogP contribution in [-0.2, 0) is 0 Å². The Balaban J connectivity index is 2.65. The third-order valence-corrected chi connectivity index (χ3v) is 2.23. The van der Waals surface area contributed by atoms with Crippen LogP contribution < -0.4 is 0 Å². The summed E-state index contributed by atoms with van der Waals surface area (Å²) in [7, 11) is 0. The summed E-state index contributed by atoms with van der Waals surface area (Å²) < 4.78 is 26.1. The molecule has 0 spiro atoms. The molecule has 1 aromatic heterocycles. The van der Waals surface area contributed by atoms with Gasteiger partial charge in [0.05, 0.1) is 11.8 Å². The lowest BCUT2D eigenvalue weighted by atomic mass is 10.0. The fraction of sp³-hybridized carbons (Fsp3) is 0. The standard InChI is InChI=1S/C12H7F2NO2/c13-8-1-2-10(12(16)17)11(4-8)7-3-9(14)6-15-5-7/h1-6H,(H,16,17). The third kappa shape index (κ3) is 2.28. The lowest BCUT2D eigenvalue weighted by molar-refractivity contribution is 0.0697. The predicted octanol–water partition coefficient (Wildman–Crippen LogP) is 2.73. The van der Waals surface area contributed by atoms with E-state index in [0.29, 0.717) is 0 Å². The van der Waals surface area contributed by atoms with E-state index in [1.807, 2.05) is 0 Å². The summed E-state index contributed by atoms with van der Waals surface area (Å²) in [5.74, 6) is -2.40. The fourth-order valence-corrected chi connectivity index (χ4v) is 1.50. The summed E-state index contributed by atoms with van der Waals surface area (Å²) in [6.45, 7) is 0. The van der Waals surface area contributed by atoms with Crippen LogP contribution in [0.25, 0.3) is 11.1 Å². The molecule has 0 radical (unpaired) electrons. The van der Waals surface area contributed by atoms with Gasteiger partial charge in [0, 0.05) is 17.3 Å². The minimum atomic E-state index is -1.20. The van der Waals surface area contributed by atoms with Gasteiger partial charge in [-0.2, -0.15) is 0 Å². The number of pyridine rings is 1. The molecule has 86 valence electrons. The molecule has 2 aromatic rings. The zero-order chi connectivity index (χ0) is 12.4. The van der Waals surface area contributed by atoms with Crippen molar-refractivity contribution in [3.8, 4) is 11.1 Å². The Morgan fingerprint density at radius 2 is 1.88 bits per heavy atom. The summed E-state index contributed by atoms with van der Waals surface area (Å²) >= 11 is 0. The Morgan fingerprint density at radius 3 is 2.53 bits per heavy atom. The minimum absolute atomic E-state index is 0.0983. The maximum absolute atomic E-state index is 13.1. The molecule has 0 aliphatic rings. The van der Waals surface area contributed by atoms with Crippen molar-refractivity contribution in [2.24, 2.45) is 0 Å². The molecule has 3 nitrogen and oxygen atoms in total. The van der Waals surface area contributed by atoms with Gasteiger partial charge in [0.1, 0.15) is 11.6 Å². The Kier molecular flexibility index (Phi) is 2.82. The Morgan fingerprint density at radius 1 is 1.12 bits per heavy atom. The summed E-state index contributed by atoms with van der Waals surface area (Å²) in [4.78, 5) is 14.6. The van der Waals surface area contributed by atoms with Crippen molar-refractivity contribution in [3.05, 3.63) is 53.9 Å². The molecular weight excluding hydrogens is 228 g/mol. The van der Waals surface area contributed by atoms with Crippen LogP contribution in [0.3, 0.4) is 0 Å². The molecule has 0 bridgehead atoms. The van der Waals surface area contributed by atoms with Gasteiger partial charge in [-0.1, -0.05) is 0 Å². The number of hydrogen-bond donors (Lipinski definition) is 1. The van der Waals surface area contributed by atoms with E-state index in [-0.39, 0.29) is 16.7 Å². The molecule has 1 N–H and O–H groups in total. The van der Waals surface area contributed by atoms with Gasteiger partial charge in [0.15, 0.2) is 0 Å². The monoisotopic (exact) mass is 235 g/mol. The van der Waals surface area contributed by atoms with Crippen LogP contribution in [0.4, 0.5) is 8.78 Å². The lowest BCUT2D eigenvalue weighted by Crippen LogP contribution is -2.00. The molecule has 0 atom stereocenters. The second kappa shape index (κ2) is 4.29. The van der Waals surface area contributed by atoms with Gasteiger partial charge in [-0.15, -0.1) is 0 Å². The number of nitrogens with zero attached hydrogens (tertiary/aromatic N) is 1. The second-order valence-electron chi connectivity index (χ2n) is 3.39.